The first-order valence-electron chi connectivity index (χ1n) is 28.4. The molecule has 0 unspecified atom stereocenters. The maximum absolute atomic E-state index is 13.3. The van der Waals surface area contributed by atoms with Crippen LogP contribution >= 0.6 is 0 Å². The molecule has 24 nitrogen and oxygen atoms in total. The number of aliphatic carboxylic acids is 1. The molecule has 0 radical (unpaired) electrons. The minimum atomic E-state index is -5.93. The number of carboxylic acid groups (broad SMARTS) is 1. The number of hydrogen-bond donors (Lipinski definition) is 6. The van der Waals surface area contributed by atoms with Gasteiger partial charge < -0.3 is 29.4 Å². The highest BCUT2D eigenvalue weighted by atomic mass is 32.3. The van der Waals surface area contributed by atoms with Gasteiger partial charge in [-0.3, -0.25) is 23.0 Å². The first-order chi connectivity index (χ1) is 36.8. The molecule has 0 saturated carbocycles. The summed E-state index contributed by atoms with van der Waals surface area (Å²) in [5, 5.41) is 12.8. The van der Waals surface area contributed by atoms with Gasteiger partial charge in [0.15, 0.2) is 0 Å². The molecule has 1 saturated heterocycles. The molecular weight excluding hydrogens is 1110 g/mol. The summed E-state index contributed by atoms with van der Waals surface area (Å²) in [6.07, 6.45) is 23.9. The largest absolute Gasteiger partial charge is 0.477 e. The zero-order valence-electron chi connectivity index (χ0n) is 46.6. The van der Waals surface area contributed by atoms with Crippen LogP contribution in [0.15, 0.2) is 0 Å². The molecule has 1 rings (SSSR count). The van der Waals surface area contributed by atoms with Crippen LogP contribution in [0.3, 0.4) is 0 Å². The fraction of sp³-hybridized carbons (Fsp3) is 0.960. The normalized spacial score (nSPS) is 19.7. The lowest BCUT2D eigenvalue weighted by molar-refractivity contribution is -0.312. The second kappa shape index (κ2) is 42.1. The smallest absolute Gasteiger partial charge is 0.397 e. The first kappa shape index (κ1) is 74.3. The standard InChI is InChI=1S/C50H97NO23S4/c1-4-6-8-10-12-14-16-18-20-22-24-26-28-30-32-34-36-67-39-43(68-37-35-33-31-29-27-25-23-21-19-17-15-13-11-9-7-5-2)40-69-50(49(53)54)38-44(72-76(58,59)60)46(51-42(3)52)48(71-50)47(74-78(64,65)66)45(73-77(61,62)63)41-70-75(55,56)57/h43-48H,4-41H2,1-3H3,(H,51,52)(H,53,54)(H,55,56,57)(H,58,59,60)(H,61,62,63)(H,64,65,66)/t43-,44+,45-,46-,47-,48-,50-/m1/s1. The van der Waals surface area contributed by atoms with Crippen LogP contribution in [-0.4, -0.2) is 144 Å². The molecule has 78 heavy (non-hydrogen) atoms. The molecule has 0 bridgehead atoms. The van der Waals surface area contributed by atoms with E-state index in [1.807, 2.05) is 0 Å². The maximum Gasteiger partial charge on any atom is 0.397 e. The molecule has 1 fully saturated rings. The summed E-state index contributed by atoms with van der Waals surface area (Å²) in [6.45, 7) is 2.99. The lowest BCUT2D eigenvalue weighted by Crippen LogP contribution is -2.69. The van der Waals surface area contributed by atoms with Gasteiger partial charge in [-0.2, -0.15) is 33.7 Å². The topological polar surface area (TPSA) is 358 Å². The van der Waals surface area contributed by atoms with Crippen molar-refractivity contribution in [1.82, 2.24) is 5.32 Å². The second-order valence-electron chi connectivity index (χ2n) is 20.4. The zero-order chi connectivity index (χ0) is 58.4. The maximum atomic E-state index is 13.3. The number of carboxylic acids is 1. The van der Waals surface area contributed by atoms with E-state index in [0.717, 1.165) is 64.7 Å². The van der Waals surface area contributed by atoms with E-state index in [4.69, 9.17) is 23.1 Å². The Labute approximate surface area is 467 Å². The Morgan fingerprint density at radius 1 is 0.538 bits per heavy atom. The molecule has 0 spiro atoms. The molecule has 7 atom stereocenters. The van der Waals surface area contributed by atoms with Gasteiger partial charge in [0.05, 0.1) is 25.9 Å². The SMILES string of the molecule is CCCCCCCCCCCCCCCCCCOC[C@H](CO[C@]1(C(=O)O)C[C@H](OS(=O)(=O)O)[C@@H](NC(C)=O)[C@H]([C@H](OS(=O)(=O)O)[C@@H](COS(=O)(=O)O)OS(=O)(=O)O)O1)OCCCCCCCCCCCCCCCCCC. The summed E-state index contributed by atoms with van der Waals surface area (Å²) in [7, 11) is -23.0. The number of ether oxygens (including phenoxy) is 4. The minimum absolute atomic E-state index is 0.157. The van der Waals surface area contributed by atoms with Crippen molar-refractivity contribution in [2.24, 2.45) is 0 Å². The molecule has 28 heteroatoms. The molecule has 1 heterocycles. The Kier molecular flexibility index (Phi) is 40.1. The summed E-state index contributed by atoms with van der Waals surface area (Å²) < 4.78 is 176. The monoisotopic (exact) mass is 1210 g/mol. The Balaban J connectivity index is 3.22. The minimum Gasteiger partial charge on any atom is -0.477 e. The van der Waals surface area contributed by atoms with Crippen LogP contribution in [0.5, 0.6) is 0 Å². The Bertz CT molecular complexity index is 2030. The van der Waals surface area contributed by atoms with Crippen molar-refractivity contribution >= 4 is 53.5 Å². The Morgan fingerprint density at radius 3 is 1.29 bits per heavy atom. The van der Waals surface area contributed by atoms with Crippen LogP contribution in [0, 0.1) is 0 Å². The highest BCUT2D eigenvalue weighted by Gasteiger charge is 2.59. The van der Waals surface area contributed by atoms with Gasteiger partial charge in [-0.25, -0.2) is 21.5 Å². The van der Waals surface area contributed by atoms with Gasteiger partial charge in [-0.05, 0) is 12.8 Å². The van der Waals surface area contributed by atoms with E-state index in [-0.39, 0.29) is 19.8 Å². The van der Waals surface area contributed by atoms with Crippen molar-refractivity contribution in [3.05, 3.63) is 0 Å². The number of nitrogens with one attached hydrogen (secondary N) is 1. The second-order valence-corrected chi connectivity index (χ2v) is 24.6. The van der Waals surface area contributed by atoms with Gasteiger partial charge >= 0.3 is 47.6 Å². The van der Waals surface area contributed by atoms with Crippen LogP contribution in [-0.2, 0) is 86.9 Å². The van der Waals surface area contributed by atoms with E-state index in [1.54, 1.807) is 0 Å². The average Bonchev–Trinajstić information content (AvgIpc) is 3.36. The van der Waals surface area contributed by atoms with Crippen molar-refractivity contribution in [3.8, 4) is 0 Å². The van der Waals surface area contributed by atoms with E-state index >= 15 is 0 Å². The number of hydrogen-bond acceptors (Lipinski definition) is 18. The van der Waals surface area contributed by atoms with Crippen molar-refractivity contribution in [2.75, 3.05) is 33.0 Å². The zero-order valence-corrected chi connectivity index (χ0v) is 49.8. The van der Waals surface area contributed by atoms with Gasteiger partial charge in [0.25, 0.3) is 5.79 Å². The van der Waals surface area contributed by atoms with Crippen LogP contribution < -0.4 is 5.32 Å². The summed E-state index contributed by atoms with van der Waals surface area (Å²) in [5.74, 6) is -6.46. The molecular formula is C50H97NO23S4. The number of rotatable bonds is 53. The van der Waals surface area contributed by atoms with Gasteiger partial charge in [0, 0.05) is 26.6 Å². The molecule has 0 aromatic carbocycles. The van der Waals surface area contributed by atoms with Crippen LogP contribution in [0.2, 0.25) is 0 Å². The fourth-order valence-corrected chi connectivity index (χ4v) is 11.2. The molecule has 1 aliphatic rings. The van der Waals surface area contributed by atoms with E-state index in [2.05, 4.69) is 31.7 Å². The predicted octanol–water partition coefficient (Wildman–Crippen LogP) is 9.39. The third-order valence-electron chi connectivity index (χ3n) is 13.3. The summed E-state index contributed by atoms with van der Waals surface area (Å²) in [6, 6.07) is -2.25. The van der Waals surface area contributed by atoms with Crippen LogP contribution in [0.4, 0.5) is 0 Å². The van der Waals surface area contributed by atoms with E-state index < -0.39 is 115 Å². The van der Waals surface area contributed by atoms with Crippen molar-refractivity contribution < 1.29 is 102 Å². The molecule has 1 aliphatic heterocycles. The Morgan fingerprint density at radius 2 is 0.936 bits per heavy atom. The van der Waals surface area contributed by atoms with Crippen LogP contribution in [0.25, 0.3) is 0 Å². The molecule has 0 aromatic rings. The summed E-state index contributed by atoms with van der Waals surface area (Å²) in [4.78, 5) is 25.8. The summed E-state index contributed by atoms with van der Waals surface area (Å²) in [5.41, 5.74) is 0. The lowest BCUT2D eigenvalue weighted by atomic mass is 9.88. The molecule has 0 aromatic heterocycles. The number of unbranched alkanes of at least 4 members (excludes halogenated alkanes) is 30. The fourth-order valence-electron chi connectivity index (χ4n) is 9.36. The average molecular weight is 1210 g/mol. The third-order valence-corrected chi connectivity index (χ3v) is 15.2. The van der Waals surface area contributed by atoms with Gasteiger partial charge in [-0.1, -0.05) is 206 Å². The van der Waals surface area contributed by atoms with Gasteiger partial charge in [-0.15, -0.1) is 0 Å². The molecule has 1 amide bonds. The quantitative estimate of drug-likeness (QED) is 0.0244. The van der Waals surface area contributed by atoms with E-state index in [0.29, 0.717) is 12.8 Å². The summed E-state index contributed by atoms with van der Waals surface area (Å²) >= 11 is 0. The molecule has 6 N–H and O–H groups in total. The molecule has 0 aliphatic carbocycles. The van der Waals surface area contributed by atoms with Gasteiger partial charge in [0.1, 0.15) is 30.5 Å². The first-order valence-corrected chi connectivity index (χ1v) is 33.9. The number of carbonyl (C=O) groups is 2. The van der Waals surface area contributed by atoms with E-state index in [9.17, 15) is 66.6 Å². The van der Waals surface area contributed by atoms with Gasteiger partial charge in [0.2, 0.25) is 5.91 Å². The number of carbonyl (C=O) groups excluding carboxylic acids is 1. The van der Waals surface area contributed by atoms with Crippen molar-refractivity contribution in [3.63, 3.8) is 0 Å². The van der Waals surface area contributed by atoms with Crippen LogP contribution in [0.1, 0.15) is 233 Å². The Hall–Kier alpha value is -1.74. The van der Waals surface area contributed by atoms with E-state index in [1.165, 1.54) is 135 Å². The van der Waals surface area contributed by atoms with Crippen molar-refractivity contribution in [2.45, 2.75) is 275 Å². The number of amides is 1. The third kappa shape index (κ3) is 39.6. The highest BCUT2D eigenvalue weighted by molar-refractivity contribution is 7.81. The van der Waals surface area contributed by atoms with Crippen molar-refractivity contribution in [1.29, 1.82) is 0 Å². The lowest BCUT2D eigenvalue weighted by Gasteiger charge is -2.48. The molecule has 464 valence electrons. The highest BCUT2D eigenvalue weighted by Crippen LogP contribution is 2.38. The predicted molar refractivity (Wildman–Crippen MR) is 290 cm³/mol.